The fourth-order valence-corrected chi connectivity index (χ4v) is 4.55. The zero-order valence-corrected chi connectivity index (χ0v) is 20.5. The van der Waals surface area contributed by atoms with Gasteiger partial charge in [-0.1, -0.05) is 12.1 Å². The Morgan fingerprint density at radius 3 is 2.62 bits per heavy atom. The van der Waals surface area contributed by atoms with E-state index in [4.69, 9.17) is 26.4 Å². The van der Waals surface area contributed by atoms with E-state index in [-0.39, 0.29) is 22.7 Å². The number of carbonyl (C=O) groups is 1. The van der Waals surface area contributed by atoms with Crippen LogP contribution in [0.15, 0.2) is 53.4 Å². The summed E-state index contributed by atoms with van der Waals surface area (Å²) in [7, 11) is -3.65. The first-order chi connectivity index (χ1) is 16.4. The molecule has 1 heterocycles. The Hall–Kier alpha value is -2.57. The van der Waals surface area contributed by atoms with Crippen LogP contribution in [0.5, 0.6) is 5.75 Å². The van der Waals surface area contributed by atoms with Gasteiger partial charge in [-0.3, -0.25) is 10.1 Å². The number of nitrogens with one attached hydrogen (secondary N) is 3. The van der Waals surface area contributed by atoms with Crippen LogP contribution in [-0.4, -0.2) is 58.5 Å². The molecule has 9 nitrogen and oxygen atoms in total. The van der Waals surface area contributed by atoms with Crippen molar-refractivity contribution >= 4 is 38.9 Å². The molecule has 1 fully saturated rings. The lowest BCUT2D eigenvalue weighted by Crippen LogP contribution is -2.34. The maximum absolute atomic E-state index is 12.7. The third kappa shape index (κ3) is 7.74. The Balaban J connectivity index is 1.53. The molecular weight excluding hydrogens is 478 g/mol. The van der Waals surface area contributed by atoms with Gasteiger partial charge < -0.3 is 19.5 Å². The van der Waals surface area contributed by atoms with Crippen LogP contribution in [0.25, 0.3) is 0 Å². The van der Waals surface area contributed by atoms with Crippen molar-refractivity contribution < 1.29 is 27.4 Å². The normalized spacial score (nSPS) is 15.6. The standard InChI is InChI=1S/C23H29N3O6S2/c1-2-30-14-15-32-21-8-4-3-7-20(21)22(27)26-23(33)25-17-9-11-19(12-10-17)34(28,29)24-16-18-6-5-13-31-18/h3-4,7-12,18,24H,2,5-6,13-16H2,1H3,(H2,25,26,27,33). The highest BCUT2D eigenvalue weighted by atomic mass is 32.2. The van der Waals surface area contributed by atoms with Gasteiger partial charge in [-0.05, 0) is 68.4 Å². The van der Waals surface area contributed by atoms with Gasteiger partial charge in [-0.15, -0.1) is 0 Å². The second kappa shape index (κ2) is 12.8. The summed E-state index contributed by atoms with van der Waals surface area (Å²) in [6.45, 7) is 4.13. The predicted molar refractivity (Wildman–Crippen MR) is 133 cm³/mol. The van der Waals surface area contributed by atoms with Crippen molar-refractivity contribution in [2.24, 2.45) is 0 Å². The maximum Gasteiger partial charge on any atom is 0.261 e. The number of amides is 1. The van der Waals surface area contributed by atoms with Crippen LogP contribution in [0.4, 0.5) is 5.69 Å². The molecule has 2 aromatic carbocycles. The molecule has 2 aromatic rings. The summed E-state index contributed by atoms with van der Waals surface area (Å²) in [6, 6.07) is 12.9. The molecule has 3 rings (SSSR count). The minimum Gasteiger partial charge on any atom is -0.490 e. The Labute approximate surface area is 205 Å². The van der Waals surface area contributed by atoms with Gasteiger partial charge in [0.25, 0.3) is 5.91 Å². The highest BCUT2D eigenvalue weighted by Crippen LogP contribution is 2.19. The number of rotatable bonds is 11. The first kappa shape index (κ1) is 26.0. The summed E-state index contributed by atoms with van der Waals surface area (Å²) in [6.07, 6.45) is 1.70. The quantitative estimate of drug-likeness (QED) is 0.314. The summed E-state index contributed by atoms with van der Waals surface area (Å²) < 4.78 is 43.9. The summed E-state index contributed by atoms with van der Waals surface area (Å²) in [4.78, 5) is 12.8. The lowest BCUT2D eigenvalue weighted by atomic mass is 10.2. The number of anilines is 1. The molecule has 0 saturated carbocycles. The Morgan fingerprint density at radius 1 is 1.15 bits per heavy atom. The van der Waals surface area contributed by atoms with Gasteiger partial charge in [0.1, 0.15) is 12.4 Å². The molecule has 1 aliphatic rings. The van der Waals surface area contributed by atoms with Crippen molar-refractivity contribution in [3.8, 4) is 5.75 Å². The average Bonchev–Trinajstić information content (AvgIpc) is 3.35. The molecule has 0 aromatic heterocycles. The SMILES string of the molecule is CCOCCOc1ccccc1C(=O)NC(=S)Nc1ccc(S(=O)(=O)NCC2CCCO2)cc1. The minimum absolute atomic E-state index is 0.0706. The first-order valence-corrected chi connectivity index (χ1v) is 12.9. The number of para-hydroxylation sites is 1. The van der Waals surface area contributed by atoms with Crippen LogP contribution >= 0.6 is 12.2 Å². The van der Waals surface area contributed by atoms with Crippen LogP contribution in [0.3, 0.4) is 0 Å². The molecule has 1 aliphatic heterocycles. The zero-order valence-electron chi connectivity index (χ0n) is 18.9. The molecule has 1 unspecified atom stereocenters. The van der Waals surface area contributed by atoms with Crippen LogP contribution < -0.4 is 20.1 Å². The summed E-state index contributed by atoms with van der Waals surface area (Å²) in [5.41, 5.74) is 0.867. The summed E-state index contributed by atoms with van der Waals surface area (Å²) >= 11 is 5.24. The maximum atomic E-state index is 12.7. The first-order valence-electron chi connectivity index (χ1n) is 11.0. The van der Waals surface area contributed by atoms with E-state index >= 15 is 0 Å². The summed E-state index contributed by atoms with van der Waals surface area (Å²) in [5, 5.41) is 5.56. The molecule has 11 heteroatoms. The number of hydrogen-bond acceptors (Lipinski definition) is 7. The second-order valence-electron chi connectivity index (χ2n) is 7.46. The number of hydrogen-bond donors (Lipinski definition) is 3. The van der Waals surface area contributed by atoms with Crippen molar-refractivity contribution in [1.29, 1.82) is 0 Å². The molecule has 1 atom stereocenters. The van der Waals surface area contributed by atoms with Gasteiger partial charge in [-0.2, -0.15) is 0 Å². The third-order valence-corrected chi connectivity index (χ3v) is 6.64. The fourth-order valence-electron chi connectivity index (χ4n) is 3.28. The molecular formula is C23H29N3O6S2. The third-order valence-electron chi connectivity index (χ3n) is 5.00. The van der Waals surface area contributed by atoms with Crippen molar-refractivity contribution in [2.45, 2.75) is 30.8 Å². The lowest BCUT2D eigenvalue weighted by Gasteiger charge is -2.14. The van der Waals surface area contributed by atoms with Gasteiger partial charge in [0.2, 0.25) is 10.0 Å². The second-order valence-corrected chi connectivity index (χ2v) is 9.64. The van der Waals surface area contributed by atoms with E-state index in [1.54, 1.807) is 36.4 Å². The van der Waals surface area contributed by atoms with Crippen LogP contribution in [0.2, 0.25) is 0 Å². The molecule has 1 amide bonds. The summed E-state index contributed by atoms with van der Waals surface area (Å²) in [5.74, 6) is -0.00499. The number of benzene rings is 2. The minimum atomic E-state index is -3.65. The molecule has 1 saturated heterocycles. The van der Waals surface area contributed by atoms with Gasteiger partial charge in [0.05, 0.1) is 23.2 Å². The highest BCUT2D eigenvalue weighted by Gasteiger charge is 2.20. The van der Waals surface area contributed by atoms with Crippen molar-refractivity contribution in [3.05, 3.63) is 54.1 Å². The lowest BCUT2D eigenvalue weighted by molar-refractivity contribution is 0.0958. The zero-order chi connectivity index (χ0) is 24.4. The van der Waals surface area contributed by atoms with E-state index in [1.807, 2.05) is 6.92 Å². The largest absolute Gasteiger partial charge is 0.490 e. The van der Waals surface area contributed by atoms with E-state index in [1.165, 1.54) is 12.1 Å². The molecule has 0 spiro atoms. The molecule has 184 valence electrons. The van der Waals surface area contributed by atoms with Crippen molar-refractivity contribution in [1.82, 2.24) is 10.0 Å². The monoisotopic (exact) mass is 507 g/mol. The fraction of sp³-hybridized carbons (Fsp3) is 0.391. The van der Waals surface area contributed by atoms with E-state index in [2.05, 4.69) is 15.4 Å². The molecule has 3 N–H and O–H groups in total. The van der Waals surface area contributed by atoms with E-state index < -0.39 is 15.9 Å². The molecule has 0 radical (unpaired) electrons. The Bertz CT molecular complexity index is 1070. The van der Waals surface area contributed by atoms with Crippen LogP contribution in [-0.2, 0) is 19.5 Å². The average molecular weight is 508 g/mol. The highest BCUT2D eigenvalue weighted by molar-refractivity contribution is 7.89. The smallest absolute Gasteiger partial charge is 0.261 e. The van der Waals surface area contributed by atoms with Gasteiger partial charge in [0.15, 0.2) is 5.11 Å². The molecule has 34 heavy (non-hydrogen) atoms. The van der Waals surface area contributed by atoms with Gasteiger partial charge in [0, 0.05) is 25.4 Å². The van der Waals surface area contributed by atoms with E-state index in [0.717, 1.165) is 12.8 Å². The number of thiocarbonyl (C=S) groups is 1. The van der Waals surface area contributed by atoms with E-state index in [9.17, 15) is 13.2 Å². The van der Waals surface area contributed by atoms with Crippen LogP contribution in [0.1, 0.15) is 30.1 Å². The number of carbonyl (C=O) groups excluding carboxylic acids is 1. The molecule has 0 aliphatic carbocycles. The van der Waals surface area contributed by atoms with Crippen LogP contribution in [0, 0.1) is 0 Å². The number of ether oxygens (including phenoxy) is 3. The van der Waals surface area contributed by atoms with Crippen molar-refractivity contribution in [3.63, 3.8) is 0 Å². The van der Waals surface area contributed by atoms with E-state index in [0.29, 0.717) is 43.4 Å². The number of sulfonamides is 1. The topological polar surface area (TPSA) is 115 Å². The predicted octanol–water partition coefficient (Wildman–Crippen LogP) is 2.69. The Kier molecular flexibility index (Phi) is 9.78. The van der Waals surface area contributed by atoms with Crippen molar-refractivity contribution in [2.75, 3.05) is 38.3 Å². The van der Waals surface area contributed by atoms with Gasteiger partial charge in [-0.25, -0.2) is 13.1 Å². The molecule has 0 bridgehead atoms. The van der Waals surface area contributed by atoms with Gasteiger partial charge >= 0.3 is 0 Å². The Morgan fingerprint density at radius 2 is 1.91 bits per heavy atom.